The van der Waals surface area contributed by atoms with E-state index in [1.165, 1.54) is 6.07 Å². The molecule has 0 saturated carbocycles. The minimum Gasteiger partial charge on any atom is -0.504 e. The quantitative estimate of drug-likeness (QED) is 0.224. The number of H-pyrrole nitrogens is 1. The van der Waals surface area contributed by atoms with Crippen molar-refractivity contribution >= 4 is 32.5 Å². The highest BCUT2D eigenvalue weighted by atomic mass is 19.4. The number of phenolic OH excluding ortho intramolecular Hbond substituents is 1. The number of rotatable bonds is 5. The zero-order valence-electron chi connectivity index (χ0n) is 19.5. The lowest BCUT2D eigenvalue weighted by Crippen LogP contribution is -2.28. The highest BCUT2D eigenvalue weighted by molar-refractivity contribution is 6.38. The summed E-state index contributed by atoms with van der Waals surface area (Å²) in [5.41, 5.74) is -0.0318. The van der Waals surface area contributed by atoms with Crippen molar-refractivity contribution in [2.45, 2.75) is 18.5 Å². The normalized spacial score (nSPS) is 12.1. The summed E-state index contributed by atoms with van der Waals surface area (Å²) in [6, 6.07) is 2.29. The van der Waals surface area contributed by atoms with Gasteiger partial charge in [-0.2, -0.15) is 13.2 Å². The molecular formula is C23H13B2F5N4O5. The molecule has 4 radical (unpaired) electrons. The van der Waals surface area contributed by atoms with Crippen LogP contribution in [0.4, 0.5) is 22.0 Å². The van der Waals surface area contributed by atoms with Gasteiger partial charge < -0.3 is 25.7 Å². The lowest BCUT2D eigenvalue weighted by Gasteiger charge is -2.25. The third-order valence-corrected chi connectivity index (χ3v) is 5.61. The van der Waals surface area contributed by atoms with E-state index in [0.29, 0.717) is 6.20 Å². The molecule has 0 aliphatic rings. The van der Waals surface area contributed by atoms with Crippen molar-refractivity contribution in [3.63, 3.8) is 0 Å². The number of nitrogens with two attached hydrogens (primary N) is 1. The van der Waals surface area contributed by atoms with Crippen LogP contribution in [0.2, 0.25) is 0 Å². The van der Waals surface area contributed by atoms with Crippen LogP contribution in [0.1, 0.15) is 27.2 Å². The van der Waals surface area contributed by atoms with E-state index in [1.54, 1.807) is 0 Å². The smallest absolute Gasteiger partial charge is 0.418 e. The number of nitrogens with one attached hydrogen (secondary N) is 1. The number of hydrogen-bond donors (Lipinski definition) is 4. The zero-order chi connectivity index (χ0) is 29.0. The van der Waals surface area contributed by atoms with Gasteiger partial charge in [0, 0.05) is 29.9 Å². The number of phenols is 1. The number of nitrogens with zero attached hydrogens (tertiary/aromatic N) is 2. The monoisotopic (exact) mass is 542 g/mol. The molecule has 0 bridgehead atoms. The van der Waals surface area contributed by atoms with E-state index >= 15 is 0 Å². The highest BCUT2D eigenvalue weighted by Crippen LogP contribution is 2.45. The molecule has 5 N–H and O–H groups in total. The van der Waals surface area contributed by atoms with Crippen LogP contribution < -0.4 is 15.9 Å². The van der Waals surface area contributed by atoms with Crippen LogP contribution in [0.15, 0.2) is 35.4 Å². The molecule has 1 amide bonds. The Labute approximate surface area is 217 Å². The van der Waals surface area contributed by atoms with Crippen LogP contribution in [0.3, 0.4) is 0 Å². The first-order valence-corrected chi connectivity index (χ1v) is 10.6. The second-order valence-electron chi connectivity index (χ2n) is 8.29. The van der Waals surface area contributed by atoms with E-state index in [-0.39, 0.29) is 22.7 Å². The zero-order valence-corrected chi connectivity index (χ0v) is 19.5. The predicted octanol–water partition coefficient (Wildman–Crippen LogP) is 2.63. The molecule has 1 aromatic carbocycles. The minimum atomic E-state index is -4.94. The van der Waals surface area contributed by atoms with Gasteiger partial charge >= 0.3 is 6.18 Å². The van der Waals surface area contributed by atoms with Crippen molar-refractivity contribution in [3.8, 4) is 28.6 Å². The van der Waals surface area contributed by atoms with Crippen LogP contribution in [0.5, 0.6) is 17.4 Å². The Morgan fingerprint density at radius 2 is 1.85 bits per heavy atom. The molecule has 4 rings (SSSR count). The van der Waals surface area contributed by atoms with Crippen LogP contribution in [-0.4, -0.2) is 46.8 Å². The number of carbonyl (C=O) groups is 1. The summed E-state index contributed by atoms with van der Waals surface area (Å²) in [7, 11) is 10.6. The number of halogens is 5. The Kier molecular flexibility index (Phi) is 6.63. The second kappa shape index (κ2) is 9.38. The number of benzene rings is 1. The number of aromatic amines is 1. The van der Waals surface area contributed by atoms with Gasteiger partial charge in [0.15, 0.2) is 28.6 Å². The number of hydrogen-bond acceptors (Lipinski definition) is 7. The fraction of sp³-hybridized carbons (Fsp3) is 0.130. The van der Waals surface area contributed by atoms with Gasteiger partial charge in [-0.05, 0) is 18.6 Å². The molecule has 196 valence electrons. The van der Waals surface area contributed by atoms with Gasteiger partial charge in [-0.3, -0.25) is 14.6 Å². The van der Waals surface area contributed by atoms with Crippen molar-refractivity contribution in [3.05, 3.63) is 74.8 Å². The van der Waals surface area contributed by atoms with Gasteiger partial charge in [0.25, 0.3) is 5.91 Å². The van der Waals surface area contributed by atoms with Crippen LogP contribution >= 0.6 is 0 Å². The molecule has 0 atom stereocenters. The molecule has 0 fully saturated rings. The molecule has 3 heterocycles. The fourth-order valence-electron chi connectivity index (χ4n) is 3.94. The summed E-state index contributed by atoms with van der Waals surface area (Å²) in [6.07, 6.45) is -3.46. The van der Waals surface area contributed by atoms with E-state index in [1.807, 2.05) is 0 Å². The van der Waals surface area contributed by atoms with E-state index < -0.39 is 79.9 Å². The van der Waals surface area contributed by atoms with E-state index in [2.05, 4.69) is 15.0 Å². The number of primary amides is 1. The second-order valence-corrected chi connectivity index (χ2v) is 8.29. The SMILES string of the molecule is [B]C([B])(O)c1c(F)c(F)cc(O)c1Oc1ncc(C(F)(F)F)c(C)c1-c1cc(=O)c2c(C(N)=O)nccc2[nH]1. The maximum Gasteiger partial charge on any atom is 0.418 e. The highest BCUT2D eigenvalue weighted by Gasteiger charge is 2.36. The summed E-state index contributed by atoms with van der Waals surface area (Å²) in [5, 5.41) is 16.8. The topological polar surface area (TPSA) is 151 Å². The van der Waals surface area contributed by atoms with Gasteiger partial charge in [0.05, 0.1) is 33.3 Å². The third-order valence-electron chi connectivity index (χ3n) is 5.61. The van der Waals surface area contributed by atoms with Crippen LogP contribution in [-0.2, 0) is 11.6 Å². The minimum absolute atomic E-state index is 0.0567. The lowest BCUT2D eigenvalue weighted by atomic mass is 9.61. The van der Waals surface area contributed by atoms with Gasteiger partial charge in [0.1, 0.15) is 21.4 Å². The van der Waals surface area contributed by atoms with Gasteiger partial charge in [-0.25, -0.2) is 13.8 Å². The summed E-state index contributed by atoms with van der Waals surface area (Å²) < 4.78 is 75.1. The summed E-state index contributed by atoms with van der Waals surface area (Å²) in [5.74, 6) is -7.54. The lowest BCUT2D eigenvalue weighted by molar-refractivity contribution is -0.138. The number of aromatic nitrogens is 3. The molecule has 39 heavy (non-hydrogen) atoms. The molecular weight excluding hydrogens is 529 g/mol. The van der Waals surface area contributed by atoms with Gasteiger partial charge in [0.2, 0.25) is 5.88 Å². The van der Waals surface area contributed by atoms with E-state index in [9.17, 15) is 41.8 Å². The number of aromatic hydroxyl groups is 1. The first-order chi connectivity index (χ1) is 18.0. The number of fused-ring (bicyclic) bond motifs is 1. The Hall–Kier alpha value is -4.46. The van der Waals surface area contributed by atoms with Crippen molar-refractivity contribution in [1.82, 2.24) is 15.0 Å². The van der Waals surface area contributed by atoms with Crippen molar-refractivity contribution < 1.29 is 41.7 Å². The predicted molar refractivity (Wildman–Crippen MR) is 127 cm³/mol. The fourth-order valence-corrected chi connectivity index (χ4v) is 3.94. The number of aliphatic hydroxyl groups is 1. The number of alkyl halides is 3. The molecule has 4 aromatic rings. The Morgan fingerprint density at radius 1 is 1.18 bits per heavy atom. The Bertz CT molecular complexity index is 1720. The molecule has 9 nitrogen and oxygen atoms in total. The summed E-state index contributed by atoms with van der Waals surface area (Å²) >= 11 is 0. The number of amides is 1. The van der Waals surface area contributed by atoms with Gasteiger partial charge in [-0.15, -0.1) is 0 Å². The molecule has 0 unspecified atom stereocenters. The van der Waals surface area contributed by atoms with Crippen LogP contribution in [0.25, 0.3) is 22.2 Å². The number of pyridine rings is 3. The third kappa shape index (κ3) is 4.90. The summed E-state index contributed by atoms with van der Waals surface area (Å²) in [4.78, 5) is 34.7. The standard InChI is InChI=1S/C23H13B2F5N4O5/c1-7-8(23(28,29)30)6-33-21(39-19-13(36)4-9(26)17(27)16(19)22(24,25)38)14(7)11-5-12(35)15-10(34-11)2-3-32-18(15)20(31)37/h2-6,36,38H,1H3,(H2,31,37)(H,34,35). The molecule has 3 aromatic heterocycles. The number of carbonyl (C=O) groups excluding carboxylic acids is 1. The largest absolute Gasteiger partial charge is 0.504 e. The first-order valence-electron chi connectivity index (χ1n) is 10.6. The van der Waals surface area contributed by atoms with Crippen molar-refractivity contribution in [1.29, 1.82) is 0 Å². The Balaban J connectivity index is 2.06. The van der Waals surface area contributed by atoms with Crippen molar-refractivity contribution in [2.75, 3.05) is 0 Å². The molecule has 0 spiro atoms. The number of ether oxygens (including phenoxy) is 1. The maximum absolute atomic E-state index is 14.5. The van der Waals surface area contributed by atoms with E-state index in [0.717, 1.165) is 19.2 Å². The molecule has 0 saturated heterocycles. The maximum atomic E-state index is 14.5. The van der Waals surface area contributed by atoms with Crippen LogP contribution in [0, 0.1) is 18.6 Å². The molecule has 16 heteroatoms. The van der Waals surface area contributed by atoms with E-state index in [4.69, 9.17) is 26.2 Å². The Morgan fingerprint density at radius 3 is 2.44 bits per heavy atom. The molecule has 0 aliphatic carbocycles. The average Bonchev–Trinajstić information content (AvgIpc) is 2.80. The van der Waals surface area contributed by atoms with Crippen molar-refractivity contribution in [2.24, 2.45) is 5.73 Å². The summed E-state index contributed by atoms with van der Waals surface area (Å²) in [6.45, 7) is 1.00. The van der Waals surface area contributed by atoms with Gasteiger partial charge in [-0.1, -0.05) is 0 Å². The molecule has 0 aliphatic heterocycles. The average molecular weight is 542 g/mol. The first kappa shape index (κ1) is 27.6.